The Bertz CT molecular complexity index is 411. The first kappa shape index (κ1) is 13.4. The lowest BCUT2D eigenvalue weighted by Crippen LogP contribution is -2.42. The highest BCUT2D eigenvalue weighted by Gasteiger charge is 2.39. The average Bonchev–Trinajstić information content (AvgIpc) is 2.29. The summed E-state index contributed by atoms with van der Waals surface area (Å²) in [5.41, 5.74) is 0.463. The van der Waals surface area contributed by atoms with Crippen molar-refractivity contribution in [1.82, 2.24) is 0 Å². The predicted molar refractivity (Wildman–Crippen MR) is 62.9 cm³/mol. The van der Waals surface area contributed by atoms with Gasteiger partial charge in [0.25, 0.3) is 5.79 Å². The molecule has 0 heterocycles. The highest BCUT2D eigenvalue weighted by Crippen LogP contribution is 2.27. The highest BCUT2D eigenvalue weighted by molar-refractivity contribution is 5.87. The Morgan fingerprint density at radius 1 is 1.41 bits per heavy atom. The molecular formula is C13H16O4. The molecule has 92 valence electrons. The lowest BCUT2D eigenvalue weighted by molar-refractivity contribution is -0.249. The third-order valence-corrected chi connectivity index (χ3v) is 2.35. The maximum atomic E-state index is 11.4. The quantitative estimate of drug-likeness (QED) is 0.470. The minimum atomic E-state index is -2.06. The van der Waals surface area contributed by atoms with Gasteiger partial charge in [-0.05, 0) is 13.8 Å². The maximum absolute atomic E-state index is 11.4. The topological polar surface area (TPSA) is 66.8 Å². The Morgan fingerprint density at radius 3 is 2.35 bits per heavy atom. The zero-order valence-corrected chi connectivity index (χ0v) is 9.88. The van der Waals surface area contributed by atoms with Gasteiger partial charge in [-0.25, -0.2) is 4.79 Å². The van der Waals surface area contributed by atoms with E-state index in [1.807, 2.05) is 0 Å². The Morgan fingerprint density at radius 2 is 1.94 bits per heavy atom. The van der Waals surface area contributed by atoms with Crippen molar-refractivity contribution in [3.8, 4) is 0 Å². The lowest BCUT2D eigenvalue weighted by atomic mass is 10.0. The van der Waals surface area contributed by atoms with Crippen molar-refractivity contribution in [2.45, 2.75) is 25.7 Å². The van der Waals surface area contributed by atoms with E-state index in [4.69, 9.17) is 4.74 Å². The maximum Gasteiger partial charge on any atom is 0.335 e. The Kier molecular flexibility index (Phi) is 4.04. The number of hydrogen-bond acceptors (Lipinski definition) is 4. The van der Waals surface area contributed by atoms with Gasteiger partial charge in [0.2, 0.25) is 0 Å². The van der Waals surface area contributed by atoms with Gasteiger partial charge in [-0.1, -0.05) is 36.9 Å². The summed E-state index contributed by atoms with van der Waals surface area (Å²) in [6, 6.07) is 8.25. The molecular weight excluding hydrogens is 220 g/mol. The van der Waals surface area contributed by atoms with Crippen LogP contribution in [0.4, 0.5) is 0 Å². The second kappa shape index (κ2) is 5.12. The number of carbonyl (C=O) groups excluding carboxylic acids is 1. The Hall–Kier alpha value is -1.65. The third kappa shape index (κ3) is 2.93. The molecule has 0 amide bonds. The molecule has 1 aromatic rings. The first-order valence-electron chi connectivity index (χ1n) is 5.22. The van der Waals surface area contributed by atoms with Crippen LogP contribution in [0.3, 0.4) is 0 Å². The number of ether oxygens (including phenoxy) is 1. The van der Waals surface area contributed by atoms with Crippen molar-refractivity contribution >= 4 is 5.97 Å². The smallest absolute Gasteiger partial charge is 0.335 e. The van der Waals surface area contributed by atoms with E-state index in [1.165, 1.54) is 13.8 Å². The van der Waals surface area contributed by atoms with Crippen LogP contribution < -0.4 is 0 Å². The van der Waals surface area contributed by atoms with Gasteiger partial charge in [0.05, 0.1) is 0 Å². The zero-order chi connectivity index (χ0) is 13.1. The van der Waals surface area contributed by atoms with Crippen LogP contribution in [0.2, 0.25) is 0 Å². The van der Waals surface area contributed by atoms with Gasteiger partial charge in [-0.2, -0.15) is 0 Å². The molecule has 0 aliphatic heterocycles. The monoisotopic (exact) mass is 236 g/mol. The van der Waals surface area contributed by atoms with Crippen molar-refractivity contribution < 1.29 is 19.7 Å². The number of carbonyl (C=O) groups is 1. The van der Waals surface area contributed by atoms with E-state index in [-0.39, 0.29) is 5.57 Å². The minimum absolute atomic E-state index is 0.153. The molecule has 2 unspecified atom stereocenters. The highest BCUT2D eigenvalue weighted by atomic mass is 16.7. The Labute approximate surface area is 100 Å². The summed E-state index contributed by atoms with van der Waals surface area (Å²) < 4.78 is 4.91. The van der Waals surface area contributed by atoms with E-state index in [2.05, 4.69) is 6.58 Å². The van der Waals surface area contributed by atoms with Crippen LogP contribution in [0, 0.1) is 0 Å². The van der Waals surface area contributed by atoms with Crippen molar-refractivity contribution in [2.75, 3.05) is 0 Å². The van der Waals surface area contributed by atoms with Gasteiger partial charge in [0, 0.05) is 11.1 Å². The Balaban J connectivity index is 3.07. The first-order valence-corrected chi connectivity index (χ1v) is 5.22. The van der Waals surface area contributed by atoms with E-state index < -0.39 is 17.9 Å². The molecule has 0 saturated heterocycles. The van der Waals surface area contributed by atoms with Crippen molar-refractivity contribution in [2.24, 2.45) is 0 Å². The van der Waals surface area contributed by atoms with Crippen LogP contribution >= 0.6 is 0 Å². The normalized spacial score (nSPS) is 15.8. The first-order chi connectivity index (χ1) is 7.88. The minimum Gasteiger partial charge on any atom is -0.422 e. The van der Waals surface area contributed by atoms with Gasteiger partial charge in [0.15, 0.2) is 0 Å². The summed E-state index contributed by atoms with van der Waals surface area (Å²) in [6.07, 6.45) is -1.26. The molecule has 0 saturated carbocycles. The van der Waals surface area contributed by atoms with Gasteiger partial charge >= 0.3 is 5.97 Å². The zero-order valence-electron chi connectivity index (χ0n) is 9.88. The summed E-state index contributed by atoms with van der Waals surface area (Å²) >= 11 is 0. The van der Waals surface area contributed by atoms with Crippen LogP contribution in [0.15, 0.2) is 42.5 Å². The summed E-state index contributed by atoms with van der Waals surface area (Å²) in [4.78, 5) is 11.4. The number of benzene rings is 1. The second-order valence-electron chi connectivity index (χ2n) is 3.91. The van der Waals surface area contributed by atoms with Gasteiger partial charge in [0.1, 0.15) is 6.10 Å². The standard InChI is InChI=1S/C13H16O4/c1-9(2)12(15)17-13(16,10(3)14)11-7-5-4-6-8-11/h4-8,10,14,16H,1H2,2-3H3. The fraction of sp³-hybridized carbons (Fsp3) is 0.308. The van der Waals surface area contributed by atoms with E-state index in [0.29, 0.717) is 5.56 Å². The van der Waals surface area contributed by atoms with Crippen molar-refractivity contribution in [1.29, 1.82) is 0 Å². The molecule has 0 aliphatic carbocycles. The molecule has 2 N–H and O–H groups in total. The van der Waals surface area contributed by atoms with Crippen molar-refractivity contribution in [3.63, 3.8) is 0 Å². The fourth-order valence-electron chi connectivity index (χ4n) is 1.29. The van der Waals surface area contributed by atoms with E-state index in [1.54, 1.807) is 30.3 Å². The molecule has 0 aliphatic rings. The second-order valence-corrected chi connectivity index (χ2v) is 3.91. The molecule has 1 aromatic carbocycles. The number of hydrogen-bond donors (Lipinski definition) is 2. The van der Waals surface area contributed by atoms with Crippen LogP contribution in [0.1, 0.15) is 19.4 Å². The number of aliphatic hydroxyl groups excluding tert-OH is 1. The van der Waals surface area contributed by atoms with Crippen LogP contribution in [0.25, 0.3) is 0 Å². The molecule has 0 spiro atoms. The molecule has 4 nitrogen and oxygen atoms in total. The van der Waals surface area contributed by atoms with Gasteiger partial charge < -0.3 is 14.9 Å². The molecule has 0 aromatic heterocycles. The van der Waals surface area contributed by atoms with Crippen molar-refractivity contribution in [3.05, 3.63) is 48.0 Å². The fourth-order valence-corrected chi connectivity index (χ4v) is 1.29. The van der Waals surface area contributed by atoms with Gasteiger partial charge in [-0.3, -0.25) is 0 Å². The molecule has 2 atom stereocenters. The lowest BCUT2D eigenvalue weighted by Gasteiger charge is -2.30. The predicted octanol–water partition coefficient (Wildman–Crippen LogP) is 1.33. The number of esters is 1. The molecule has 4 heteroatoms. The summed E-state index contributed by atoms with van der Waals surface area (Å²) in [6.45, 7) is 6.24. The van der Waals surface area contributed by atoms with Crippen LogP contribution in [0.5, 0.6) is 0 Å². The van der Waals surface area contributed by atoms with E-state index >= 15 is 0 Å². The largest absolute Gasteiger partial charge is 0.422 e. The molecule has 1 rings (SSSR count). The van der Waals surface area contributed by atoms with Gasteiger partial charge in [-0.15, -0.1) is 0 Å². The summed E-state index contributed by atoms with van der Waals surface area (Å²) in [5.74, 6) is -2.81. The third-order valence-electron chi connectivity index (χ3n) is 2.35. The molecule has 0 radical (unpaired) electrons. The van der Waals surface area contributed by atoms with E-state index in [9.17, 15) is 15.0 Å². The summed E-state index contributed by atoms with van der Waals surface area (Å²) in [5, 5.41) is 19.8. The SMILES string of the molecule is C=C(C)C(=O)OC(O)(c1ccccc1)C(C)O. The summed E-state index contributed by atoms with van der Waals surface area (Å²) in [7, 11) is 0. The van der Waals surface area contributed by atoms with E-state index in [0.717, 1.165) is 0 Å². The number of aliphatic hydroxyl groups is 2. The van der Waals surface area contributed by atoms with Crippen LogP contribution in [-0.4, -0.2) is 22.3 Å². The van der Waals surface area contributed by atoms with Crippen LogP contribution in [-0.2, 0) is 15.3 Å². The number of rotatable bonds is 4. The average molecular weight is 236 g/mol. The molecule has 0 fully saturated rings. The molecule has 17 heavy (non-hydrogen) atoms. The molecule has 0 bridgehead atoms.